The molecule has 196 valence electrons. The van der Waals surface area contributed by atoms with Crippen molar-refractivity contribution in [1.82, 2.24) is 19.4 Å². The van der Waals surface area contributed by atoms with E-state index in [1.54, 1.807) is 33.8 Å². The molecular formula is C28H34N4O4S. The standard InChI is InChI=1S/C28H34N4O4S/c1-6-23(33)30(5)12-11-20-15-31(17(2)3)28(36)24-26(35)25(34)22(16-32(20)24)27-29-14-21(37-27)13-19-9-7-18(4)8-10-19/h7-10,14,16-17,20,35H,6,11-13,15H2,1-5H3/t20-/m0/s1. The topological polar surface area (TPSA) is 95.7 Å². The number of benzene rings is 1. The Labute approximate surface area is 221 Å². The Morgan fingerprint density at radius 1 is 1.24 bits per heavy atom. The summed E-state index contributed by atoms with van der Waals surface area (Å²) in [7, 11) is 1.76. The maximum absolute atomic E-state index is 13.3. The third-order valence-corrected chi connectivity index (χ3v) is 7.94. The minimum absolute atomic E-state index is 0.000365. The number of rotatable bonds is 8. The number of thiazole rings is 1. The molecule has 4 rings (SSSR count). The molecule has 0 radical (unpaired) electrons. The Morgan fingerprint density at radius 2 is 1.95 bits per heavy atom. The summed E-state index contributed by atoms with van der Waals surface area (Å²) in [6, 6.07) is 7.97. The van der Waals surface area contributed by atoms with E-state index in [1.165, 1.54) is 16.9 Å². The van der Waals surface area contributed by atoms with Gasteiger partial charge in [-0.3, -0.25) is 14.4 Å². The van der Waals surface area contributed by atoms with Gasteiger partial charge in [0, 0.05) is 56.3 Å². The minimum Gasteiger partial charge on any atom is -0.503 e. The lowest BCUT2D eigenvalue weighted by atomic mass is 10.0. The zero-order valence-electron chi connectivity index (χ0n) is 22.0. The van der Waals surface area contributed by atoms with Crippen LogP contribution in [0.5, 0.6) is 5.75 Å². The van der Waals surface area contributed by atoms with Crippen molar-refractivity contribution in [2.24, 2.45) is 0 Å². The van der Waals surface area contributed by atoms with Crippen LogP contribution in [-0.2, 0) is 11.2 Å². The molecule has 1 aliphatic heterocycles. The summed E-state index contributed by atoms with van der Waals surface area (Å²) < 4.78 is 1.72. The molecule has 0 saturated heterocycles. The average molecular weight is 523 g/mol. The van der Waals surface area contributed by atoms with Crippen LogP contribution < -0.4 is 5.43 Å². The van der Waals surface area contributed by atoms with Crippen molar-refractivity contribution in [1.29, 1.82) is 0 Å². The number of carbonyl (C=O) groups excluding carboxylic acids is 2. The molecule has 37 heavy (non-hydrogen) atoms. The van der Waals surface area contributed by atoms with E-state index in [-0.39, 0.29) is 35.2 Å². The van der Waals surface area contributed by atoms with Crippen LogP contribution >= 0.6 is 11.3 Å². The summed E-state index contributed by atoms with van der Waals surface area (Å²) in [6.07, 6.45) is 5.10. The van der Waals surface area contributed by atoms with Crippen LogP contribution in [0.2, 0.25) is 0 Å². The SMILES string of the molecule is CCC(=O)N(C)CC[C@H]1CN(C(C)C)C(=O)c2c(O)c(=O)c(-c3ncc(Cc4ccc(C)cc4)s3)cn21. The molecule has 1 N–H and O–H groups in total. The molecule has 1 aliphatic rings. The van der Waals surface area contributed by atoms with Gasteiger partial charge in [0.1, 0.15) is 5.01 Å². The van der Waals surface area contributed by atoms with Crippen molar-refractivity contribution in [3.8, 4) is 16.3 Å². The largest absolute Gasteiger partial charge is 0.503 e. The van der Waals surface area contributed by atoms with E-state index in [9.17, 15) is 19.5 Å². The molecule has 3 aromatic rings. The molecule has 3 heterocycles. The lowest BCUT2D eigenvalue weighted by Gasteiger charge is -2.39. The lowest BCUT2D eigenvalue weighted by Crippen LogP contribution is -2.48. The average Bonchev–Trinajstić information content (AvgIpc) is 3.33. The number of aromatic hydroxyl groups is 1. The normalized spacial score (nSPS) is 15.2. The highest BCUT2D eigenvalue weighted by Crippen LogP contribution is 2.33. The highest BCUT2D eigenvalue weighted by Gasteiger charge is 2.36. The van der Waals surface area contributed by atoms with Gasteiger partial charge in [-0.1, -0.05) is 36.8 Å². The van der Waals surface area contributed by atoms with Crippen LogP contribution in [0, 0.1) is 6.92 Å². The first-order valence-electron chi connectivity index (χ1n) is 12.6. The molecule has 0 fully saturated rings. The molecule has 0 unspecified atom stereocenters. The fraction of sp³-hybridized carbons (Fsp3) is 0.429. The number of nitrogens with zero attached hydrogens (tertiary/aromatic N) is 4. The molecule has 1 aromatic carbocycles. The second-order valence-electron chi connectivity index (χ2n) is 9.93. The summed E-state index contributed by atoms with van der Waals surface area (Å²) in [4.78, 5) is 47.5. The van der Waals surface area contributed by atoms with Gasteiger partial charge in [-0.2, -0.15) is 0 Å². The van der Waals surface area contributed by atoms with Gasteiger partial charge in [-0.05, 0) is 32.8 Å². The van der Waals surface area contributed by atoms with E-state index in [0.29, 0.717) is 37.4 Å². The maximum Gasteiger partial charge on any atom is 0.274 e. The number of hydrogen-bond donors (Lipinski definition) is 1. The Balaban J connectivity index is 1.71. The zero-order valence-corrected chi connectivity index (χ0v) is 22.8. The first kappa shape index (κ1) is 26.6. The Morgan fingerprint density at radius 3 is 2.59 bits per heavy atom. The minimum atomic E-state index is -0.599. The van der Waals surface area contributed by atoms with Gasteiger partial charge in [0.2, 0.25) is 11.3 Å². The molecule has 0 aliphatic carbocycles. The zero-order chi connectivity index (χ0) is 26.9. The number of carbonyl (C=O) groups is 2. The molecule has 9 heteroatoms. The summed E-state index contributed by atoms with van der Waals surface area (Å²) in [6.45, 7) is 8.61. The van der Waals surface area contributed by atoms with Gasteiger partial charge in [-0.25, -0.2) is 4.98 Å². The van der Waals surface area contributed by atoms with Crippen LogP contribution in [0.15, 0.2) is 41.5 Å². The molecule has 2 amide bonds. The van der Waals surface area contributed by atoms with Crippen molar-refractivity contribution in [2.75, 3.05) is 20.1 Å². The summed E-state index contributed by atoms with van der Waals surface area (Å²) in [5.74, 6) is -0.879. The van der Waals surface area contributed by atoms with E-state index in [0.717, 1.165) is 10.4 Å². The third kappa shape index (κ3) is 5.46. The van der Waals surface area contributed by atoms with Gasteiger partial charge >= 0.3 is 0 Å². The monoisotopic (exact) mass is 522 g/mol. The first-order valence-corrected chi connectivity index (χ1v) is 13.5. The molecule has 2 aromatic heterocycles. The lowest BCUT2D eigenvalue weighted by molar-refractivity contribution is -0.129. The maximum atomic E-state index is 13.3. The van der Waals surface area contributed by atoms with Crippen molar-refractivity contribution in [3.05, 3.63) is 68.6 Å². The van der Waals surface area contributed by atoms with E-state index in [1.807, 2.05) is 27.7 Å². The fourth-order valence-electron chi connectivity index (χ4n) is 4.64. The predicted molar refractivity (Wildman–Crippen MR) is 145 cm³/mol. The van der Waals surface area contributed by atoms with E-state index >= 15 is 0 Å². The Bertz CT molecular complexity index is 1360. The quantitative estimate of drug-likeness (QED) is 0.477. The number of fused-ring (bicyclic) bond motifs is 1. The van der Waals surface area contributed by atoms with Crippen molar-refractivity contribution in [2.45, 2.75) is 59.0 Å². The van der Waals surface area contributed by atoms with Gasteiger partial charge in [0.15, 0.2) is 11.4 Å². The van der Waals surface area contributed by atoms with E-state index in [4.69, 9.17) is 0 Å². The number of aryl methyl sites for hydroxylation is 1. The Hall–Kier alpha value is -3.46. The van der Waals surface area contributed by atoms with Crippen LogP contribution in [0.25, 0.3) is 10.6 Å². The summed E-state index contributed by atoms with van der Waals surface area (Å²) >= 11 is 1.41. The van der Waals surface area contributed by atoms with Crippen LogP contribution in [0.1, 0.15) is 66.1 Å². The van der Waals surface area contributed by atoms with Crippen LogP contribution in [0.3, 0.4) is 0 Å². The second-order valence-corrected chi connectivity index (χ2v) is 11.0. The Kier molecular flexibility index (Phi) is 7.82. The van der Waals surface area contributed by atoms with Gasteiger partial charge in [-0.15, -0.1) is 11.3 Å². The van der Waals surface area contributed by atoms with Gasteiger partial charge in [0.05, 0.1) is 11.6 Å². The highest BCUT2D eigenvalue weighted by molar-refractivity contribution is 7.15. The molecule has 1 atom stereocenters. The molecule has 0 spiro atoms. The van der Waals surface area contributed by atoms with Crippen LogP contribution in [-0.4, -0.2) is 62.5 Å². The predicted octanol–water partition coefficient (Wildman–Crippen LogP) is 4.24. The highest BCUT2D eigenvalue weighted by atomic mass is 32.1. The van der Waals surface area contributed by atoms with Crippen molar-refractivity contribution >= 4 is 23.2 Å². The number of pyridine rings is 1. The summed E-state index contributed by atoms with van der Waals surface area (Å²) in [5, 5.41) is 11.5. The number of hydrogen-bond acceptors (Lipinski definition) is 6. The van der Waals surface area contributed by atoms with E-state index in [2.05, 4.69) is 29.2 Å². The van der Waals surface area contributed by atoms with Gasteiger partial charge in [0.25, 0.3) is 5.91 Å². The molecule has 8 nitrogen and oxygen atoms in total. The second kappa shape index (κ2) is 10.9. The van der Waals surface area contributed by atoms with Crippen molar-refractivity contribution < 1.29 is 14.7 Å². The molecule has 0 saturated carbocycles. The van der Waals surface area contributed by atoms with E-state index < -0.39 is 11.2 Å². The fourth-order valence-corrected chi connectivity index (χ4v) is 5.59. The first-order chi connectivity index (χ1) is 17.6. The smallest absolute Gasteiger partial charge is 0.274 e. The molecular weight excluding hydrogens is 488 g/mol. The number of aromatic nitrogens is 2. The number of amides is 2. The van der Waals surface area contributed by atoms with Crippen molar-refractivity contribution in [3.63, 3.8) is 0 Å². The summed E-state index contributed by atoms with van der Waals surface area (Å²) in [5.41, 5.74) is 2.01. The third-order valence-electron chi connectivity index (χ3n) is 6.91. The van der Waals surface area contributed by atoms with Crippen LogP contribution in [0.4, 0.5) is 0 Å². The van der Waals surface area contributed by atoms with Gasteiger partial charge < -0.3 is 19.5 Å². The molecule has 0 bridgehead atoms.